The third-order valence-electron chi connectivity index (χ3n) is 3.16. The van der Waals surface area contributed by atoms with E-state index in [1.807, 2.05) is 6.07 Å². The van der Waals surface area contributed by atoms with Crippen molar-refractivity contribution in [3.63, 3.8) is 0 Å². The van der Waals surface area contributed by atoms with E-state index in [2.05, 4.69) is 16.3 Å². The van der Waals surface area contributed by atoms with Gasteiger partial charge in [-0.05, 0) is 31.2 Å². The molecule has 106 valence electrons. The first-order chi connectivity index (χ1) is 9.19. The summed E-state index contributed by atoms with van der Waals surface area (Å²) in [4.78, 5) is 14.9. The molecule has 1 aromatic rings. The van der Waals surface area contributed by atoms with Gasteiger partial charge in [-0.1, -0.05) is 6.07 Å². The average Bonchev–Trinajstić information content (AvgIpc) is 3.08. The number of hydrogen-bond acceptors (Lipinski definition) is 5. The minimum atomic E-state index is -0.639. The Morgan fingerprint density at radius 2 is 2.42 bits per heavy atom. The van der Waals surface area contributed by atoms with Gasteiger partial charge in [0, 0.05) is 24.0 Å². The maximum absolute atomic E-state index is 11.3. The van der Waals surface area contributed by atoms with Gasteiger partial charge in [0.25, 0.3) is 0 Å². The molecular formula is C14H21NO3S. The first-order valence-electron chi connectivity index (χ1n) is 6.79. The predicted molar refractivity (Wildman–Crippen MR) is 75.0 cm³/mol. The van der Waals surface area contributed by atoms with E-state index in [9.17, 15) is 9.90 Å². The van der Waals surface area contributed by atoms with Crippen molar-refractivity contribution < 1.29 is 14.6 Å². The van der Waals surface area contributed by atoms with Gasteiger partial charge in [0.2, 0.25) is 0 Å². The summed E-state index contributed by atoms with van der Waals surface area (Å²) >= 11 is 1.73. The van der Waals surface area contributed by atoms with E-state index in [1.54, 1.807) is 18.3 Å². The van der Waals surface area contributed by atoms with E-state index in [-0.39, 0.29) is 12.4 Å². The van der Waals surface area contributed by atoms with Gasteiger partial charge in [0.15, 0.2) is 0 Å². The highest BCUT2D eigenvalue weighted by Gasteiger charge is 2.30. The Morgan fingerprint density at radius 1 is 1.63 bits per heavy atom. The number of rotatable bonds is 8. The van der Waals surface area contributed by atoms with Gasteiger partial charge in [-0.25, -0.2) is 0 Å². The van der Waals surface area contributed by atoms with Crippen molar-refractivity contribution in [2.75, 3.05) is 13.2 Å². The Morgan fingerprint density at radius 3 is 3.00 bits per heavy atom. The van der Waals surface area contributed by atoms with Crippen LogP contribution in [-0.2, 0) is 16.1 Å². The summed E-state index contributed by atoms with van der Waals surface area (Å²) in [6, 6.07) is 4.72. The summed E-state index contributed by atoms with van der Waals surface area (Å²) < 4.78 is 4.86. The second-order valence-corrected chi connectivity index (χ2v) is 5.94. The Hall–Kier alpha value is -0.910. The lowest BCUT2D eigenvalue weighted by Crippen LogP contribution is -2.35. The molecule has 0 aliphatic heterocycles. The third-order valence-corrected chi connectivity index (χ3v) is 4.02. The summed E-state index contributed by atoms with van der Waals surface area (Å²) in [5, 5.41) is 12.0. The topological polar surface area (TPSA) is 49.8 Å². The van der Waals surface area contributed by atoms with Crippen molar-refractivity contribution in [1.29, 1.82) is 0 Å². The molecule has 1 aromatic heterocycles. The molecular weight excluding hydrogens is 262 g/mol. The molecule has 1 heterocycles. The second kappa shape index (κ2) is 7.03. The quantitative estimate of drug-likeness (QED) is 0.742. The lowest BCUT2D eigenvalue weighted by molar-refractivity contribution is -0.145. The Bertz CT molecular complexity index is 389. The molecule has 1 atom stereocenters. The molecule has 0 aromatic carbocycles. The predicted octanol–water partition coefficient (Wildman–Crippen LogP) is 2.03. The van der Waals surface area contributed by atoms with Crippen LogP contribution in [0.5, 0.6) is 0 Å². The zero-order chi connectivity index (χ0) is 13.7. The number of ether oxygens (including phenoxy) is 1. The van der Waals surface area contributed by atoms with Crippen molar-refractivity contribution in [3.05, 3.63) is 22.4 Å². The molecule has 4 nitrogen and oxygen atoms in total. The standard InChI is InChI=1S/C14H21NO3S/c1-2-18-14(17)8-12(16)9-15(11-5-6-11)10-13-4-3-7-19-13/h3-4,7,11-12,16H,2,5-6,8-10H2,1H3. The van der Waals surface area contributed by atoms with Crippen LogP contribution in [0.4, 0.5) is 0 Å². The van der Waals surface area contributed by atoms with Crippen LogP contribution >= 0.6 is 11.3 Å². The van der Waals surface area contributed by atoms with Crippen LogP contribution in [0.2, 0.25) is 0 Å². The molecule has 0 amide bonds. The maximum Gasteiger partial charge on any atom is 0.308 e. The number of carbonyl (C=O) groups excluding carboxylic acids is 1. The van der Waals surface area contributed by atoms with Crippen LogP contribution in [0.3, 0.4) is 0 Å². The number of hydrogen-bond donors (Lipinski definition) is 1. The Labute approximate surface area is 118 Å². The highest BCUT2D eigenvalue weighted by molar-refractivity contribution is 7.09. The molecule has 1 unspecified atom stereocenters. The molecule has 0 saturated heterocycles. The maximum atomic E-state index is 11.3. The number of thiophene rings is 1. The van der Waals surface area contributed by atoms with Gasteiger partial charge < -0.3 is 9.84 Å². The monoisotopic (exact) mass is 283 g/mol. The third kappa shape index (κ3) is 4.93. The number of esters is 1. The van der Waals surface area contributed by atoms with E-state index >= 15 is 0 Å². The summed E-state index contributed by atoms with van der Waals surface area (Å²) in [5.41, 5.74) is 0. The van der Waals surface area contributed by atoms with Gasteiger partial charge in [-0.2, -0.15) is 0 Å². The molecule has 1 fully saturated rings. The van der Waals surface area contributed by atoms with Crippen molar-refractivity contribution in [1.82, 2.24) is 4.90 Å². The first kappa shape index (κ1) is 14.5. The first-order valence-corrected chi connectivity index (χ1v) is 7.67. The number of aliphatic hydroxyl groups is 1. The minimum absolute atomic E-state index is 0.0848. The zero-order valence-electron chi connectivity index (χ0n) is 11.2. The van der Waals surface area contributed by atoms with Crippen molar-refractivity contribution in [3.8, 4) is 0 Å². The molecule has 0 radical (unpaired) electrons. The molecule has 5 heteroatoms. The number of carbonyl (C=O) groups is 1. The highest BCUT2D eigenvalue weighted by Crippen LogP contribution is 2.29. The second-order valence-electron chi connectivity index (χ2n) is 4.90. The fraction of sp³-hybridized carbons (Fsp3) is 0.643. The van der Waals surface area contributed by atoms with E-state index < -0.39 is 6.10 Å². The van der Waals surface area contributed by atoms with Crippen molar-refractivity contribution in [2.24, 2.45) is 0 Å². The summed E-state index contributed by atoms with van der Waals surface area (Å²) in [7, 11) is 0. The van der Waals surface area contributed by atoms with Crippen LogP contribution < -0.4 is 0 Å². The van der Waals surface area contributed by atoms with Gasteiger partial charge in [-0.3, -0.25) is 9.69 Å². The van der Waals surface area contributed by atoms with Crippen molar-refractivity contribution in [2.45, 2.75) is 44.9 Å². The number of nitrogens with zero attached hydrogens (tertiary/aromatic N) is 1. The molecule has 0 bridgehead atoms. The van der Waals surface area contributed by atoms with Gasteiger partial charge in [0.1, 0.15) is 0 Å². The normalized spacial score (nSPS) is 16.6. The van der Waals surface area contributed by atoms with E-state index in [0.29, 0.717) is 19.2 Å². The fourth-order valence-electron chi connectivity index (χ4n) is 2.13. The molecule has 2 rings (SSSR count). The van der Waals surface area contributed by atoms with Crippen LogP contribution in [0.15, 0.2) is 17.5 Å². The van der Waals surface area contributed by atoms with Crippen LogP contribution in [0.1, 0.15) is 31.1 Å². The molecule has 1 aliphatic rings. The van der Waals surface area contributed by atoms with E-state index in [0.717, 1.165) is 6.54 Å². The lowest BCUT2D eigenvalue weighted by Gasteiger charge is -2.24. The van der Waals surface area contributed by atoms with Crippen LogP contribution in [-0.4, -0.2) is 41.3 Å². The number of aliphatic hydroxyl groups excluding tert-OH is 1. The molecule has 0 spiro atoms. The Kier molecular flexibility index (Phi) is 5.36. The highest BCUT2D eigenvalue weighted by atomic mass is 32.1. The minimum Gasteiger partial charge on any atom is -0.466 e. The Balaban J connectivity index is 1.81. The smallest absolute Gasteiger partial charge is 0.308 e. The van der Waals surface area contributed by atoms with E-state index in [1.165, 1.54) is 17.7 Å². The zero-order valence-corrected chi connectivity index (χ0v) is 12.1. The molecule has 19 heavy (non-hydrogen) atoms. The lowest BCUT2D eigenvalue weighted by atomic mass is 10.2. The largest absolute Gasteiger partial charge is 0.466 e. The van der Waals surface area contributed by atoms with Crippen molar-refractivity contribution >= 4 is 17.3 Å². The van der Waals surface area contributed by atoms with Crippen LogP contribution in [0, 0.1) is 0 Å². The van der Waals surface area contributed by atoms with Gasteiger partial charge in [0.05, 0.1) is 19.1 Å². The molecule has 1 N–H and O–H groups in total. The summed E-state index contributed by atoms with van der Waals surface area (Å²) in [6.45, 7) is 3.55. The molecule has 1 saturated carbocycles. The fourth-order valence-corrected chi connectivity index (χ4v) is 2.86. The van der Waals surface area contributed by atoms with E-state index in [4.69, 9.17) is 4.74 Å². The van der Waals surface area contributed by atoms with Gasteiger partial charge in [-0.15, -0.1) is 11.3 Å². The summed E-state index contributed by atoms with van der Waals surface area (Å²) in [5.74, 6) is -0.318. The molecule has 1 aliphatic carbocycles. The summed E-state index contributed by atoms with van der Waals surface area (Å²) in [6.07, 6.45) is 1.83. The van der Waals surface area contributed by atoms with Crippen LogP contribution in [0.25, 0.3) is 0 Å². The average molecular weight is 283 g/mol. The SMILES string of the molecule is CCOC(=O)CC(O)CN(Cc1cccs1)C1CC1. The van der Waals surface area contributed by atoms with Gasteiger partial charge >= 0.3 is 5.97 Å².